The summed E-state index contributed by atoms with van der Waals surface area (Å²) in [6.45, 7) is 8.26. The maximum atomic E-state index is 13.3. The second-order valence-corrected chi connectivity index (χ2v) is 10.2. The Morgan fingerprint density at radius 2 is 1.73 bits per heavy atom. The molecule has 0 aliphatic carbocycles. The van der Waals surface area contributed by atoms with E-state index in [0.717, 1.165) is 36.8 Å². The summed E-state index contributed by atoms with van der Waals surface area (Å²) in [5.74, 6) is 2.31. The van der Waals surface area contributed by atoms with Crippen molar-refractivity contribution in [3.8, 4) is 0 Å². The molecule has 0 saturated carbocycles. The molecule has 2 aliphatic heterocycles. The average Bonchev–Trinajstić information content (AvgIpc) is 3.43. The lowest BCUT2D eigenvalue weighted by Crippen LogP contribution is -2.34. The molecule has 10 nitrogen and oxygen atoms in total. The topological polar surface area (TPSA) is 102 Å². The minimum Gasteiger partial charge on any atom is -0.355 e. The number of anilines is 1. The van der Waals surface area contributed by atoms with Crippen LogP contribution in [0.3, 0.4) is 0 Å². The third kappa shape index (κ3) is 2.83. The molecule has 0 amide bonds. The maximum absolute atomic E-state index is 13.3. The van der Waals surface area contributed by atoms with Gasteiger partial charge in [-0.1, -0.05) is 6.92 Å². The number of rotatable bonds is 4. The molecule has 2 fully saturated rings. The summed E-state index contributed by atoms with van der Waals surface area (Å²) >= 11 is 0. The minimum absolute atomic E-state index is 0.293. The van der Waals surface area contributed by atoms with E-state index in [-0.39, 0.29) is 0 Å². The molecular formula is C19H26N8O2S. The molecule has 0 N–H and O–H groups in total. The van der Waals surface area contributed by atoms with Crippen LogP contribution < -0.4 is 4.90 Å². The van der Waals surface area contributed by atoms with Crippen molar-refractivity contribution in [1.29, 1.82) is 0 Å². The minimum atomic E-state index is -3.54. The lowest BCUT2D eigenvalue weighted by molar-refractivity contribution is 0.452. The van der Waals surface area contributed by atoms with E-state index < -0.39 is 10.0 Å². The molecule has 3 aromatic heterocycles. The lowest BCUT2D eigenvalue weighted by Gasteiger charge is -2.22. The number of hydrogen-bond acceptors (Lipinski definition) is 7. The van der Waals surface area contributed by atoms with E-state index in [9.17, 15) is 8.42 Å². The van der Waals surface area contributed by atoms with Crippen LogP contribution in [0.1, 0.15) is 24.1 Å². The van der Waals surface area contributed by atoms with Crippen LogP contribution in [0, 0.1) is 25.7 Å². The van der Waals surface area contributed by atoms with Gasteiger partial charge in [0.25, 0.3) is 0 Å². The monoisotopic (exact) mass is 430 g/mol. The van der Waals surface area contributed by atoms with Gasteiger partial charge in [0.2, 0.25) is 10.0 Å². The van der Waals surface area contributed by atoms with Gasteiger partial charge in [-0.15, -0.1) is 15.3 Å². The Hall–Kier alpha value is -2.53. The quantitative estimate of drug-likeness (QED) is 0.603. The largest absolute Gasteiger partial charge is 0.355 e. The van der Waals surface area contributed by atoms with E-state index in [1.807, 2.05) is 26.0 Å². The molecule has 2 unspecified atom stereocenters. The van der Waals surface area contributed by atoms with E-state index in [1.165, 1.54) is 0 Å². The van der Waals surface area contributed by atoms with Crippen LogP contribution in [-0.2, 0) is 23.5 Å². The highest BCUT2D eigenvalue weighted by Crippen LogP contribution is 2.36. The fraction of sp³-hybridized carbons (Fsp3) is 0.579. The van der Waals surface area contributed by atoms with Crippen LogP contribution in [-0.4, -0.2) is 68.5 Å². The zero-order chi connectivity index (χ0) is 21.2. The first kappa shape index (κ1) is 19.4. The van der Waals surface area contributed by atoms with E-state index in [1.54, 1.807) is 27.5 Å². The van der Waals surface area contributed by atoms with Crippen molar-refractivity contribution in [2.24, 2.45) is 18.9 Å². The van der Waals surface area contributed by atoms with Crippen molar-refractivity contribution in [3.63, 3.8) is 0 Å². The zero-order valence-corrected chi connectivity index (χ0v) is 18.5. The van der Waals surface area contributed by atoms with Crippen LogP contribution in [0.5, 0.6) is 0 Å². The molecule has 2 aliphatic rings. The first-order valence-corrected chi connectivity index (χ1v) is 11.7. The van der Waals surface area contributed by atoms with E-state index in [4.69, 9.17) is 5.10 Å². The molecule has 5 heterocycles. The number of nitrogens with zero attached hydrogens (tertiary/aromatic N) is 8. The Labute approximate surface area is 175 Å². The first-order valence-electron chi connectivity index (χ1n) is 10.3. The normalized spacial score (nSPS) is 22.3. The molecule has 11 heteroatoms. The standard InChI is InChI=1S/C19H26N8O2S/c1-5-16-20-21-17-6-7-18(23-27(16)17)25-8-14-10-26(11-15(14)9-25)30(28,29)19-12(2)22-24(4)13(19)3/h6-7,14-15H,5,8-11H2,1-4H3. The van der Waals surface area contributed by atoms with Gasteiger partial charge < -0.3 is 4.90 Å². The predicted octanol–water partition coefficient (Wildman–Crippen LogP) is 0.794. The first-order chi connectivity index (χ1) is 14.3. The number of sulfonamides is 1. The molecule has 0 radical (unpaired) electrons. The summed E-state index contributed by atoms with van der Waals surface area (Å²) in [7, 11) is -1.76. The third-order valence-electron chi connectivity index (χ3n) is 6.45. The van der Waals surface area contributed by atoms with E-state index >= 15 is 0 Å². The van der Waals surface area contributed by atoms with Crippen molar-refractivity contribution in [2.75, 3.05) is 31.1 Å². The molecule has 2 saturated heterocycles. The smallest absolute Gasteiger partial charge is 0.246 e. The molecule has 2 atom stereocenters. The fourth-order valence-corrected chi connectivity index (χ4v) is 6.76. The number of fused-ring (bicyclic) bond motifs is 2. The predicted molar refractivity (Wildman–Crippen MR) is 111 cm³/mol. The van der Waals surface area contributed by atoms with Gasteiger partial charge in [-0.2, -0.15) is 13.9 Å². The molecule has 0 aromatic carbocycles. The molecule has 5 rings (SSSR count). The van der Waals surface area contributed by atoms with Gasteiger partial charge in [0.05, 0.1) is 11.4 Å². The summed E-state index contributed by atoms with van der Waals surface area (Å²) in [5, 5.41) is 17.3. The van der Waals surface area contributed by atoms with Crippen molar-refractivity contribution in [3.05, 3.63) is 29.3 Å². The molecule has 0 spiro atoms. The second-order valence-electron chi connectivity index (χ2n) is 8.30. The lowest BCUT2D eigenvalue weighted by atomic mass is 10.0. The maximum Gasteiger partial charge on any atom is 0.246 e. The van der Waals surface area contributed by atoms with Crippen molar-refractivity contribution in [2.45, 2.75) is 32.1 Å². The Bertz CT molecular complexity index is 1220. The molecular weight excluding hydrogens is 404 g/mol. The molecule has 30 heavy (non-hydrogen) atoms. The highest BCUT2D eigenvalue weighted by atomic mass is 32.2. The summed E-state index contributed by atoms with van der Waals surface area (Å²) in [4.78, 5) is 2.60. The van der Waals surface area contributed by atoms with Crippen LogP contribution in [0.25, 0.3) is 5.65 Å². The van der Waals surface area contributed by atoms with Gasteiger partial charge in [-0.05, 0) is 37.8 Å². The van der Waals surface area contributed by atoms with Crippen LogP contribution in [0.2, 0.25) is 0 Å². The van der Waals surface area contributed by atoms with Crippen molar-refractivity contribution >= 4 is 21.5 Å². The number of aryl methyl sites for hydroxylation is 3. The van der Waals surface area contributed by atoms with Gasteiger partial charge in [-0.3, -0.25) is 4.68 Å². The van der Waals surface area contributed by atoms with Crippen molar-refractivity contribution in [1.82, 2.24) is 33.9 Å². The van der Waals surface area contributed by atoms with Gasteiger partial charge >= 0.3 is 0 Å². The highest BCUT2D eigenvalue weighted by Gasteiger charge is 2.45. The summed E-state index contributed by atoms with van der Waals surface area (Å²) in [6.07, 6.45) is 0.767. The Morgan fingerprint density at radius 3 is 2.33 bits per heavy atom. The number of aromatic nitrogens is 6. The molecule has 3 aromatic rings. The zero-order valence-electron chi connectivity index (χ0n) is 17.6. The Kier molecular flexibility index (Phi) is 4.37. The SMILES string of the molecule is CCc1nnc2ccc(N3CC4CN(S(=O)(=O)c5c(C)nn(C)c5C)CC4C3)nn12. The summed E-state index contributed by atoms with van der Waals surface area (Å²) in [6, 6.07) is 3.91. The Balaban J connectivity index is 1.35. The van der Waals surface area contributed by atoms with E-state index in [0.29, 0.717) is 41.2 Å². The van der Waals surface area contributed by atoms with Crippen molar-refractivity contribution < 1.29 is 8.42 Å². The van der Waals surface area contributed by atoms with E-state index in [2.05, 4.69) is 20.2 Å². The second kappa shape index (κ2) is 6.74. The van der Waals surface area contributed by atoms with Crippen LogP contribution in [0.15, 0.2) is 17.0 Å². The van der Waals surface area contributed by atoms with Crippen LogP contribution >= 0.6 is 0 Å². The van der Waals surface area contributed by atoms with Gasteiger partial charge in [0, 0.05) is 39.6 Å². The highest BCUT2D eigenvalue weighted by molar-refractivity contribution is 7.89. The third-order valence-corrected chi connectivity index (χ3v) is 8.53. The Morgan fingerprint density at radius 1 is 1.03 bits per heavy atom. The van der Waals surface area contributed by atoms with Gasteiger partial charge in [0.15, 0.2) is 11.5 Å². The molecule has 0 bridgehead atoms. The van der Waals surface area contributed by atoms with Gasteiger partial charge in [0.1, 0.15) is 10.7 Å². The summed E-state index contributed by atoms with van der Waals surface area (Å²) < 4.78 is 31.7. The summed E-state index contributed by atoms with van der Waals surface area (Å²) in [5.41, 5.74) is 1.99. The van der Waals surface area contributed by atoms with Crippen LogP contribution in [0.4, 0.5) is 5.82 Å². The molecule has 160 valence electrons. The fourth-order valence-electron chi connectivity index (χ4n) is 4.80. The number of hydrogen-bond donors (Lipinski definition) is 0. The van der Waals surface area contributed by atoms with Gasteiger partial charge in [-0.25, -0.2) is 8.42 Å². The average molecular weight is 431 g/mol.